The fourth-order valence-electron chi connectivity index (χ4n) is 1.38. The van der Waals surface area contributed by atoms with Gasteiger partial charge in [-0.3, -0.25) is 4.79 Å². The van der Waals surface area contributed by atoms with E-state index in [0.717, 1.165) is 6.07 Å². The van der Waals surface area contributed by atoms with Crippen LogP contribution in [0.5, 0.6) is 5.75 Å². The Balaban J connectivity index is 2.95. The van der Waals surface area contributed by atoms with Crippen molar-refractivity contribution in [3.05, 3.63) is 29.6 Å². The Kier molecular flexibility index (Phi) is 5.22. The van der Waals surface area contributed by atoms with Crippen molar-refractivity contribution in [1.82, 2.24) is 5.32 Å². The van der Waals surface area contributed by atoms with E-state index in [4.69, 9.17) is 20.1 Å². The van der Waals surface area contributed by atoms with Crippen LogP contribution in [0.25, 0.3) is 0 Å². The van der Waals surface area contributed by atoms with Gasteiger partial charge in [0, 0.05) is 6.07 Å². The number of carbonyl (C=O) groups is 1. The summed E-state index contributed by atoms with van der Waals surface area (Å²) in [6.07, 6.45) is 0. The summed E-state index contributed by atoms with van der Waals surface area (Å²) in [4.78, 5) is 11.8. The molecule has 19 heavy (non-hydrogen) atoms. The second kappa shape index (κ2) is 6.46. The van der Waals surface area contributed by atoms with E-state index in [-0.39, 0.29) is 11.3 Å². The number of nitrogens with one attached hydrogen (secondary N) is 1. The second-order valence-corrected chi connectivity index (χ2v) is 4.05. The predicted molar refractivity (Wildman–Crippen MR) is 64.4 cm³/mol. The first-order chi connectivity index (χ1) is 9.01. The van der Waals surface area contributed by atoms with Crippen LogP contribution in [0.15, 0.2) is 18.2 Å². The van der Waals surface area contributed by atoms with Gasteiger partial charge in [0.2, 0.25) is 0 Å². The largest absolute Gasteiger partial charge is 0.497 e. The third kappa shape index (κ3) is 3.40. The highest BCUT2D eigenvalue weighted by molar-refractivity contribution is 5.95. The van der Waals surface area contributed by atoms with Crippen LogP contribution in [0, 0.1) is 5.82 Å². The van der Waals surface area contributed by atoms with Crippen molar-refractivity contribution in [3.8, 4) is 5.75 Å². The quantitative estimate of drug-likeness (QED) is 0.548. The number of methoxy groups -OCH3 is 1. The van der Waals surface area contributed by atoms with Crippen molar-refractivity contribution < 1.29 is 29.2 Å². The number of hydrogen-bond donors (Lipinski definition) is 4. The molecule has 1 aromatic carbocycles. The van der Waals surface area contributed by atoms with Gasteiger partial charge in [-0.1, -0.05) is 0 Å². The van der Waals surface area contributed by atoms with E-state index in [0.29, 0.717) is 0 Å². The lowest BCUT2D eigenvalue weighted by molar-refractivity contribution is 0.0373. The molecule has 6 nitrogen and oxygen atoms in total. The Morgan fingerprint density at radius 1 is 1.32 bits per heavy atom. The Morgan fingerprint density at radius 3 is 2.32 bits per heavy atom. The minimum Gasteiger partial charge on any atom is -0.497 e. The zero-order valence-corrected chi connectivity index (χ0v) is 10.4. The van der Waals surface area contributed by atoms with Gasteiger partial charge in [-0.05, 0) is 12.1 Å². The van der Waals surface area contributed by atoms with Gasteiger partial charge in [-0.25, -0.2) is 4.39 Å². The second-order valence-electron chi connectivity index (χ2n) is 4.05. The van der Waals surface area contributed by atoms with Gasteiger partial charge in [0.1, 0.15) is 17.1 Å². The molecule has 7 heteroatoms. The van der Waals surface area contributed by atoms with E-state index in [9.17, 15) is 9.18 Å². The molecule has 0 aliphatic rings. The van der Waals surface area contributed by atoms with Crippen molar-refractivity contribution in [1.29, 1.82) is 0 Å². The minimum atomic E-state index is -1.59. The van der Waals surface area contributed by atoms with E-state index in [2.05, 4.69) is 5.32 Å². The van der Waals surface area contributed by atoms with Crippen molar-refractivity contribution in [3.63, 3.8) is 0 Å². The average Bonchev–Trinajstić information content (AvgIpc) is 2.44. The van der Waals surface area contributed by atoms with Gasteiger partial charge in [-0.2, -0.15) is 0 Å². The summed E-state index contributed by atoms with van der Waals surface area (Å²) in [5.74, 6) is -1.40. The maximum Gasteiger partial charge on any atom is 0.254 e. The zero-order valence-electron chi connectivity index (χ0n) is 10.4. The highest BCUT2D eigenvalue weighted by atomic mass is 19.1. The number of hydrogen-bond acceptors (Lipinski definition) is 5. The van der Waals surface area contributed by atoms with Gasteiger partial charge >= 0.3 is 0 Å². The van der Waals surface area contributed by atoms with Crippen LogP contribution < -0.4 is 10.1 Å². The van der Waals surface area contributed by atoms with E-state index in [1.807, 2.05) is 0 Å². The van der Waals surface area contributed by atoms with E-state index >= 15 is 0 Å². The highest BCUT2D eigenvalue weighted by Gasteiger charge is 2.31. The third-order valence-electron chi connectivity index (χ3n) is 2.71. The van der Waals surface area contributed by atoms with Crippen LogP contribution in [0.3, 0.4) is 0 Å². The number of benzene rings is 1. The van der Waals surface area contributed by atoms with Crippen LogP contribution in [-0.2, 0) is 0 Å². The summed E-state index contributed by atoms with van der Waals surface area (Å²) in [5, 5.41) is 29.4. The van der Waals surface area contributed by atoms with Gasteiger partial charge in [0.15, 0.2) is 0 Å². The van der Waals surface area contributed by atoms with Crippen molar-refractivity contribution >= 4 is 5.91 Å². The lowest BCUT2D eigenvalue weighted by Crippen LogP contribution is -2.57. The van der Waals surface area contributed by atoms with Crippen molar-refractivity contribution in [2.45, 2.75) is 5.54 Å². The molecule has 0 fully saturated rings. The van der Waals surface area contributed by atoms with Crippen LogP contribution in [0.1, 0.15) is 10.4 Å². The fraction of sp³-hybridized carbons (Fsp3) is 0.417. The molecule has 0 aliphatic carbocycles. The first kappa shape index (κ1) is 15.4. The Morgan fingerprint density at radius 2 is 1.89 bits per heavy atom. The summed E-state index contributed by atoms with van der Waals surface area (Å²) < 4.78 is 18.4. The van der Waals surface area contributed by atoms with Gasteiger partial charge in [0.25, 0.3) is 5.91 Å². The Hall–Kier alpha value is -1.70. The monoisotopic (exact) mass is 273 g/mol. The summed E-state index contributed by atoms with van der Waals surface area (Å²) >= 11 is 0. The van der Waals surface area contributed by atoms with E-state index < -0.39 is 37.1 Å². The van der Waals surface area contributed by atoms with Crippen LogP contribution in [0.2, 0.25) is 0 Å². The topological polar surface area (TPSA) is 99.0 Å². The molecule has 0 radical (unpaired) electrons. The predicted octanol–water partition coefficient (Wildman–Crippen LogP) is -0.720. The lowest BCUT2D eigenvalue weighted by Gasteiger charge is -2.28. The maximum atomic E-state index is 13.6. The zero-order chi connectivity index (χ0) is 14.5. The third-order valence-corrected chi connectivity index (χ3v) is 2.71. The van der Waals surface area contributed by atoms with Gasteiger partial charge < -0.3 is 25.4 Å². The molecule has 4 N–H and O–H groups in total. The molecular formula is C12H16FNO5. The number of halogens is 1. The fourth-order valence-corrected chi connectivity index (χ4v) is 1.38. The van der Waals surface area contributed by atoms with Crippen LogP contribution in [0.4, 0.5) is 4.39 Å². The molecule has 0 unspecified atom stereocenters. The molecule has 0 bridgehead atoms. The summed E-state index contributed by atoms with van der Waals surface area (Å²) in [7, 11) is 1.36. The molecule has 1 rings (SSSR count). The van der Waals surface area contributed by atoms with Crippen LogP contribution >= 0.6 is 0 Å². The SMILES string of the molecule is COc1ccc(C(=O)NC(CO)(CO)CO)c(F)c1. The number of aliphatic hydroxyl groups is 3. The Labute approximate surface area is 109 Å². The number of carbonyl (C=O) groups excluding carboxylic acids is 1. The van der Waals surface area contributed by atoms with Gasteiger partial charge in [-0.15, -0.1) is 0 Å². The summed E-state index contributed by atoms with van der Waals surface area (Å²) in [5.41, 5.74) is -1.87. The van der Waals surface area contributed by atoms with Crippen LogP contribution in [-0.4, -0.2) is 53.7 Å². The molecule has 1 amide bonds. The maximum absolute atomic E-state index is 13.6. The smallest absolute Gasteiger partial charge is 0.254 e. The highest BCUT2D eigenvalue weighted by Crippen LogP contribution is 2.17. The molecule has 0 saturated carbocycles. The van der Waals surface area contributed by atoms with Crippen molar-refractivity contribution in [2.75, 3.05) is 26.9 Å². The first-order valence-corrected chi connectivity index (χ1v) is 5.50. The average molecular weight is 273 g/mol. The molecule has 1 aromatic rings. The molecule has 0 aliphatic heterocycles. The number of aliphatic hydroxyl groups excluding tert-OH is 3. The molecule has 0 spiro atoms. The molecule has 0 atom stereocenters. The normalized spacial score (nSPS) is 11.2. The number of ether oxygens (including phenoxy) is 1. The van der Waals surface area contributed by atoms with Gasteiger partial charge in [0.05, 0.1) is 32.5 Å². The molecule has 0 heterocycles. The number of amides is 1. The summed E-state index contributed by atoms with van der Waals surface area (Å²) in [6, 6.07) is 3.64. The standard InChI is InChI=1S/C12H16FNO5/c1-19-8-2-3-9(10(13)4-8)11(18)14-12(5-15,6-16)7-17/h2-4,15-17H,5-7H2,1H3,(H,14,18). The van der Waals surface area contributed by atoms with E-state index in [1.54, 1.807) is 0 Å². The Bertz CT molecular complexity index is 439. The minimum absolute atomic E-state index is 0.256. The number of rotatable bonds is 6. The first-order valence-electron chi connectivity index (χ1n) is 5.50. The van der Waals surface area contributed by atoms with Crippen molar-refractivity contribution in [2.24, 2.45) is 0 Å². The molecule has 106 valence electrons. The summed E-state index contributed by atoms with van der Waals surface area (Å²) in [6.45, 7) is -2.03. The lowest BCUT2D eigenvalue weighted by atomic mass is 10.0. The molecular weight excluding hydrogens is 257 g/mol. The molecule has 0 aromatic heterocycles. The van der Waals surface area contributed by atoms with E-state index in [1.165, 1.54) is 19.2 Å². The molecule has 0 saturated heterocycles.